The summed E-state index contributed by atoms with van der Waals surface area (Å²) in [6.45, 7) is 7.96. The number of carbonyl (C=O) groups excluding carboxylic acids is 1. The smallest absolute Gasteiger partial charge is 0.292 e. The molecule has 3 fully saturated rings. The van der Waals surface area contributed by atoms with Gasteiger partial charge in [0, 0.05) is 25.7 Å². The Morgan fingerprint density at radius 1 is 1.27 bits per heavy atom. The summed E-state index contributed by atoms with van der Waals surface area (Å²) in [6, 6.07) is 6.09. The molecular weight excluding hydrogens is 284 g/mol. The summed E-state index contributed by atoms with van der Waals surface area (Å²) in [7, 11) is 0. The van der Waals surface area contributed by atoms with Crippen LogP contribution in [0.1, 0.15) is 6.92 Å². The third kappa shape index (κ3) is 2.57. The van der Waals surface area contributed by atoms with E-state index in [9.17, 15) is 14.9 Å². The van der Waals surface area contributed by atoms with Gasteiger partial charge in [-0.25, -0.2) is 0 Å². The maximum absolute atomic E-state index is 12.6. The highest BCUT2D eigenvalue weighted by Crippen LogP contribution is 2.27. The molecule has 1 aromatic carbocycles. The van der Waals surface area contributed by atoms with Gasteiger partial charge in [-0.1, -0.05) is 12.1 Å². The predicted molar refractivity (Wildman–Crippen MR) is 82.5 cm³/mol. The Balaban J connectivity index is 1.76. The zero-order valence-corrected chi connectivity index (χ0v) is 12.7. The Labute approximate surface area is 129 Å². The summed E-state index contributed by atoms with van der Waals surface area (Å²) < 4.78 is 0.795. The van der Waals surface area contributed by atoms with Crippen molar-refractivity contribution in [2.24, 2.45) is 0 Å². The van der Waals surface area contributed by atoms with E-state index in [0.717, 1.165) is 43.8 Å². The lowest BCUT2D eigenvalue weighted by Gasteiger charge is -2.52. The van der Waals surface area contributed by atoms with E-state index in [1.165, 1.54) is 6.07 Å². The largest absolute Gasteiger partial charge is 0.315 e. The van der Waals surface area contributed by atoms with Gasteiger partial charge in [-0.3, -0.25) is 19.8 Å². The summed E-state index contributed by atoms with van der Waals surface area (Å²) >= 11 is 0. The molecule has 1 N–H and O–H groups in total. The molecule has 7 nitrogen and oxygen atoms in total. The fourth-order valence-electron chi connectivity index (χ4n) is 3.50. The van der Waals surface area contributed by atoms with Crippen molar-refractivity contribution in [1.29, 1.82) is 0 Å². The average Bonchev–Trinajstić information content (AvgIpc) is 2.56. The molecule has 0 aromatic heterocycles. The molecule has 118 valence electrons. The van der Waals surface area contributed by atoms with Crippen molar-refractivity contribution in [3.8, 4) is 0 Å². The van der Waals surface area contributed by atoms with E-state index in [0.29, 0.717) is 0 Å². The zero-order chi connectivity index (χ0) is 15.7. The fourth-order valence-corrected chi connectivity index (χ4v) is 3.50. The number of anilines is 1. The van der Waals surface area contributed by atoms with Gasteiger partial charge in [0.2, 0.25) is 0 Å². The zero-order valence-electron chi connectivity index (χ0n) is 12.7. The van der Waals surface area contributed by atoms with Crippen LogP contribution in [0.3, 0.4) is 0 Å². The molecule has 3 heterocycles. The van der Waals surface area contributed by atoms with Gasteiger partial charge in [-0.05, 0) is 13.0 Å². The summed E-state index contributed by atoms with van der Waals surface area (Å²) in [4.78, 5) is 25.6. The molecular formula is C15H21N4O3+. The van der Waals surface area contributed by atoms with Crippen LogP contribution in [0.15, 0.2) is 24.3 Å². The molecule has 0 aliphatic carbocycles. The number of quaternary nitrogens is 1. The number of benzene rings is 1. The monoisotopic (exact) mass is 305 g/mol. The number of rotatable bonds is 4. The number of nitrogens with one attached hydrogen (secondary N) is 1. The summed E-state index contributed by atoms with van der Waals surface area (Å²) in [5, 5.41) is 13.8. The van der Waals surface area contributed by atoms with Crippen LogP contribution < -0.4 is 5.32 Å². The molecule has 3 aliphatic rings. The van der Waals surface area contributed by atoms with Gasteiger partial charge >= 0.3 is 0 Å². The fraction of sp³-hybridized carbons (Fsp3) is 0.533. The maximum atomic E-state index is 12.6. The van der Waals surface area contributed by atoms with Crippen LogP contribution in [0.25, 0.3) is 0 Å². The number of piperazine rings is 3. The van der Waals surface area contributed by atoms with Gasteiger partial charge in [0.25, 0.3) is 11.6 Å². The van der Waals surface area contributed by atoms with E-state index in [2.05, 4.69) is 10.2 Å². The topological polar surface area (TPSA) is 75.5 Å². The Kier molecular flexibility index (Phi) is 3.84. The molecule has 22 heavy (non-hydrogen) atoms. The van der Waals surface area contributed by atoms with Gasteiger partial charge in [0.05, 0.1) is 24.6 Å². The van der Waals surface area contributed by atoms with Crippen LogP contribution >= 0.6 is 0 Å². The van der Waals surface area contributed by atoms with Crippen LogP contribution in [0.5, 0.6) is 0 Å². The molecule has 0 radical (unpaired) electrons. The van der Waals surface area contributed by atoms with Gasteiger partial charge in [0.15, 0.2) is 6.04 Å². The summed E-state index contributed by atoms with van der Waals surface area (Å²) in [6.07, 6.45) is 0. The summed E-state index contributed by atoms with van der Waals surface area (Å²) in [5.74, 6) is -0.135. The Morgan fingerprint density at radius 2 is 1.86 bits per heavy atom. The van der Waals surface area contributed by atoms with Gasteiger partial charge in [-0.15, -0.1) is 0 Å². The standard InChI is InChI=1S/C15H20N4O3/c1-12(19-9-6-17(7-10-19)8-11-19)15(20)16-13-4-2-3-5-14(13)18(21)22/h2-5,12H,6-11H2,1H3/p+1/t12-/m0/s1. The van der Waals surface area contributed by atoms with Gasteiger partial charge < -0.3 is 9.80 Å². The van der Waals surface area contributed by atoms with Crippen LogP contribution in [0, 0.1) is 10.1 Å². The number of nitro benzene ring substituents is 1. The van der Waals surface area contributed by atoms with E-state index < -0.39 is 4.92 Å². The Bertz CT molecular complexity index is 582. The minimum Gasteiger partial charge on any atom is -0.315 e. The van der Waals surface area contributed by atoms with Crippen LogP contribution in [-0.4, -0.2) is 65.5 Å². The van der Waals surface area contributed by atoms with E-state index in [4.69, 9.17) is 0 Å². The Hall–Kier alpha value is -1.99. The number of nitro groups is 1. The first-order valence-corrected chi connectivity index (χ1v) is 7.64. The highest BCUT2D eigenvalue weighted by atomic mass is 16.6. The van der Waals surface area contributed by atoms with Gasteiger partial charge in [-0.2, -0.15) is 0 Å². The van der Waals surface area contributed by atoms with Crippen molar-refractivity contribution in [2.75, 3.05) is 44.6 Å². The van der Waals surface area contributed by atoms with Crippen LogP contribution in [0.4, 0.5) is 11.4 Å². The molecule has 3 saturated heterocycles. The number of para-hydroxylation sites is 2. The number of nitrogens with zero attached hydrogens (tertiary/aromatic N) is 3. The van der Waals surface area contributed by atoms with E-state index in [1.807, 2.05) is 6.92 Å². The lowest BCUT2D eigenvalue weighted by molar-refractivity contribution is -0.953. The van der Waals surface area contributed by atoms with E-state index >= 15 is 0 Å². The minimum atomic E-state index is -0.466. The van der Waals surface area contributed by atoms with Crippen molar-refractivity contribution in [3.05, 3.63) is 34.4 Å². The first kappa shape index (κ1) is 14.9. The highest BCUT2D eigenvalue weighted by Gasteiger charge is 2.45. The normalized spacial score (nSPS) is 28.1. The number of carbonyl (C=O) groups is 1. The molecule has 2 bridgehead atoms. The van der Waals surface area contributed by atoms with Crippen LogP contribution in [0.2, 0.25) is 0 Å². The number of hydrogen-bond donors (Lipinski definition) is 1. The molecule has 0 spiro atoms. The highest BCUT2D eigenvalue weighted by molar-refractivity contribution is 5.95. The molecule has 0 saturated carbocycles. The molecule has 7 heteroatoms. The number of hydrogen-bond acceptors (Lipinski definition) is 4. The van der Waals surface area contributed by atoms with Crippen molar-refractivity contribution >= 4 is 17.3 Å². The minimum absolute atomic E-state index is 0.0634. The second-order valence-corrected chi connectivity index (χ2v) is 6.17. The van der Waals surface area contributed by atoms with Crippen molar-refractivity contribution in [1.82, 2.24) is 4.90 Å². The van der Waals surface area contributed by atoms with Crippen LogP contribution in [-0.2, 0) is 4.79 Å². The third-order valence-corrected chi connectivity index (χ3v) is 5.14. The van der Waals surface area contributed by atoms with Crippen molar-refractivity contribution in [2.45, 2.75) is 13.0 Å². The van der Waals surface area contributed by atoms with Crippen molar-refractivity contribution < 1.29 is 14.2 Å². The first-order chi connectivity index (χ1) is 10.5. The van der Waals surface area contributed by atoms with E-state index in [1.54, 1.807) is 18.2 Å². The first-order valence-electron chi connectivity index (χ1n) is 7.64. The molecule has 1 atom stereocenters. The molecule has 4 rings (SSSR count). The molecule has 1 aromatic rings. The predicted octanol–water partition coefficient (Wildman–Crippen LogP) is 1.07. The average molecular weight is 305 g/mol. The lowest BCUT2D eigenvalue weighted by atomic mass is 10.1. The number of amides is 1. The second kappa shape index (κ2) is 5.66. The van der Waals surface area contributed by atoms with Gasteiger partial charge in [0.1, 0.15) is 5.69 Å². The molecule has 0 unspecified atom stereocenters. The third-order valence-electron chi connectivity index (χ3n) is 5.14. The summed E-state index contributed by atoms with van der Waals surface area (Å²) in [5.41, 5.74) is 0.213. The maximum Gasteiger partial charge on any atom is 0.292 e. The van der Waals surface area contributed by atoms with Crippen molar-refractivity contribution in [3.63, 3.8) is 0 Å². The van der Waals surface area contributed by atoms with E-state index in [-0.39, 0.29) is 23.3 Å². The second-order valence-electron chi connectivity index (χ2n) is 6.17. The lowest BCUT2D eigenvalue weighted by Crippen LogP contribution is -2.72. The number of fused-ring (bicyclic) bond motifs is 3. The Morgan fingerprint density at radius 3 is 2.45 bits per heavy atom. The molecule has 1 amide bonds. The molecule has 3 aliphatic heterocycles. The quantitative estimate of drug-likeness (QED) is 0.513. The SMILES string of the molecule is C[C@@H](C(=O)Nc1ccccc1[N+](=O)[O-])[N+]12CCN(CC1)CC2.